The van der Waals surface area contributed by atoms with Crippen molar-refractivity contribution in [2.45, 2.75) is 12.8 Å². The number of nitrogens with zero attached hydrogens (tertiary/aromatic N) is 1. The van der Waals surface area contributed by atoms with Gasteiger partial charge in [0, 0.05) is 18.9 Å². The zero-order valence-electron chi connectivity index (χ0n) is 8.77. The topological polar surface area (TPSA) is 54.7 Å². The highest BCUT2D eigenvalue weighted by atomic mass is 14.9. The van der Waals surface area contributed by atoms with Gasteiger partial charge in [-0.2, -0.15) is 0 Å². The number of hydrogen-bond donors (Lipinski definition) is 2. The first kappa shape index (κ1) is 9.93. The highest BCUT2D eigenvalue weighted by molar-refractivity contribution is 5.29. The van der Waals surface area contributed by atoms with E-state index in [1.165, 1.54) is 11.1 Å². The molecule has 15 heavy (non-hydrogen) atoms. The van der Waals surface area contributed by atoms with Crippen LogP contribution in [0.1, 0.15) is 22.9 Å². The third-order valence-electron chi connectivity index (χ3n) is 2.53. The van der Waals surface area contributed by atoms with E-state index in [1.807, 2.05) is 6.20 Å². The summed E-state index contributed by atoms with van der Waals surface area (Å²) in [6, 6.07) is 8.38. The Bertz CT molecular complexity index is 420. The Kier molecular flexibility index (Phi) is 2.83. The van der Waals surface area contributed by atoms with Crippen LogP contribution in [0, 0.1) is 6.92 Å². The maximum atomic E-state index is 5.79. The van der Waals surface area contributed by atoms with Gasteiger partial charge in [-0.15, -0.1) is 0 Å². The van der Waals surface area contributed by atoms with Crippen molar-refractivity contribution in [2.24, 2.45) is 5.73 Å². The second-order valence-corrected chi connectivity index (χ2v) is 3.68. The summed E-state index contributed by atoms with van der Waals surface area (Å²) in [5.74, 6) is 1.10. The van der Waals surface area contributed by atoms with E-state index >= 15 is 0 Å². The van der Waals surface area contributed by atoms with Crippen LogP contribution in [-0.2, 0) is 0 Å². The Morgan fingerprint density at radius 2 is 2.33 bits per heavy atom. The van der Waals surface area contributed by atoms with Gasteiger partial charge in [0.2, 0.25) is 0 Å². The van der Waals surface area contributed by atoms with Gasteiger partial charge in [-0.05, 0) is 12.5 Å². The first-order chi connectivity index (χ1) is 7.31. The lowest BCUT2D eigenvalue weighted by Crippen LogP contribution is -2.15. The SMILES string of the molecule is Cc1cccc(C(CN)c2ncc[nH]2)c1. The van der Waals surface area contributed by atoms with Gasteiger partial charge in [-0.1, -0.05) is 29.8 Å². The largest absolute Gasteiger partial charge is 0.348 e. The maximum Gasteiger partial charge on any atom is 0.114 e. The molecule has 0 aliphatic heterocycles. The van der Waals surface area contributed by atoms with Crippen molar-refractivity contribution in [2.75, 3.05) is 6.54 Å². The molecule has 0 radical (unpaired) electrons. The number of imidazole rings is 1. The van der Waals surface area contributed by atoms with Crippen LogP contribution in [-0.4, -0.2) is 16.5 Å². The van der Waals surface area contributed by atoms with Crippen molar-refractivity contribution >= 4 is 0 Å². The Morgan fingerprint density at radius 1 is 1.47 bits per heavy atom. The number of H-pyrrole nitrogens is 1. The molecule has 3 N–H and O–H groups in total. The molecule has 0 fully saturated rings. The van der Waals surface area contributed by atoms with Gasteiger partial charge in [-0.3, -0.25) is 0 Å². The standard InChI is InChI=1S/C12H15N3/c1-9-3-2-4-10(7-9)11(8-13)12-14-5-6-15-12/h2-7,11H,8,13H2,1H3,(H,14,15). The van der Waals surface area contributed by atoms with Gasteiger partial charge in [0.05, 0.1) is 5.92 Å². The molecule has 2 aromatic rings. The number of nitrogens with one attached hydrogen (secondary N) is 1. The van der Waals surface area contributed by atoms with Crippen molar-refractivity contribution < 1.29 is 0 Å². The second-order valence-electron chi connectivity index (χ2n) is 3.68. The van der Waals surface area contributed by atoms with Gasteiger partial charge in [0.25, 0.3) is 0 Å². The molecule has 0 saturated heterocycles. The summed E-state index contributed by atoms with van der Waals surface area (Å²) in [7, 11) is 0. The van der Waals surface area contributed by atoms with Crippen LogP contribution in [0.3, 0.4) is 0 Å². The highest BCUT2D eigenvalue weighted by Gasteiger charge is 2.14. The van der Waals surface area contributed by atoms with Crippen LogP contribution in [0.4, 0.5) is 0 Å². The van der Waals surface area contributed by atoms with E-state index in [0.29, 0.717) is 6.54 Å². The molecule has 0 saturated carbocycles. The molecule has 78 valence electrons. The molecule has 0 bridgehead atoms. The monoisotopic (exact) mass is 201 g/mol. The van der Waals surface area contributed by atoms with E-state index in [1.54, 1.807) is 6.20 Å². The summed E-state index contributed by atoms with van der Waals surface area (Å²) >= 11 is 0. The van der Waals surface area contributed by atoms with E-state index in [0.717, 1.165) is 5.82 Å². The zero-order valence-corrected chi connectivity index (χ0v) is 8.77. The van der Waals surface area contributed by atoms with Crippen molar-refractivity contribution in [3.05, 3.63) is 53.6 Å². The minimum absolute atomic E-state index is 0.167. The summed E-state index contributed by atoms with van der Waals surface area (Å²) in [6.45, 7) is 2.65. The van der Waals surface area contributed by atoms with Crippen molar-refractivity contribution in [1.82, 2.24) is 9.97 Å². The van der Waals surface area contributed by atoms with E-state index < -0.39 is 0 Å². The van der Waals surface area contributed by atoms with Crippen molar-refractivity contribution in [1.29, 1.82) is 0 Å². The fourth-order valence-corrected chi connectivity index (χ4v) is 1.76. The number of nitrogens with two attached hydrogens (primary N) is 1. The van der Waals surface area contributed by atoms with Crippen LogP contribution in [0.15, 0.2) is 36.7 Å². The van der Waals surface area contributed by atoms with Crippen LogP contribution >= 0.6 is 0 Å². The molecular formula is C12H15N3. The molecule has 1 heterocycles. The second kappa shape index (κ2) is 4.28. The Morgan fingerprint density at radius 3 is 2.93 bits per heavy atom. The van der Waals surface area contributed by atoms with Crippen LogP contribution in [0.5, 0.6) is 0 Å². The Hall–Kier alpha value is -1.61. The molecule has 1 unspecified atom stereocenters. The number of rotatable bonds is 3. The molecule has 1 atom stereocenters. The number of hydrogen-bond acceptors (Lipinski definition) is 2. The van der Waals surface area contributed by atoms with Gasteiger partial charge in [0.15, 0.2) is 0 Å². The average molecular weight is 201 g/mol. The molecule has 1 aromatic carbocycles. The minimum atomic E-state index is 0.167. The third-order valence-corrected chi connectivity index (χ3v) is 2.53. The van der Waals surface area contributed by atoms with E-state index in [4.69, 9.17) is 5.73 Å². The summed E-state index contributed by atoms with van der Waals surface area (Å²) < 4.78 is 0. The molecule has 1 aromatic heterocycles. The summed E-state index contributed by atoms with van der Waals surface area (Å²) in [4.78, 5) is 7.37. The summed E-state index contributed by atoms with van der Waals surface area (Å²) in [5, 5.41) is 0. The van der Waals surface area contributed by atoms with E-state index in [9.17, 15) is 0 Å². The minimum Gasteiger partial charge on any atom is -0.348 e. The number of aryl methyl sites for hydroxylation is 1. The summed E-state index contributed by atoms with van der Waals surface area (Å²) in [6.07, 6.45) is 3.58. The van der Waals surface area contributed by atoms with Gasteiger partial charge < -0.3 is 10.7 Å². The molecule has 0 aliphatic carbocycles. The van der Waals surface area contributed by atoms with Crippen LogP contribution in [0.25, 0.3) is 0 Å². The summed E-state index contributed by atoms with van der Waals surface area (Å²) in [5.41, 5.74) is 8.25. The Labute approximate surface area is 89.4 Å². The smallest absolute Gasteiger partial charge is 0.114 e. The van der Waals surface area contributed by atoms with Crippen LogP contribution in [0.2, 0.25) is 0 Å². The van der Waals surface area contributed by atoms with E-state index in [-0.39, 0.29) is 5.92 Å². The van der Waals surface area contributed by atoms with E-state index in [2.05, 4.69) is 41.2 Å². The Balaban J connectivity index is 2.35. The molecule has 3 nitrogen and oxygen atoms in total. The molecule has 2 rings (SSSR count). The quantitative estimate of drug-likeness (QED) is 0.795. The lowest BCUT2D eigenvalue weighted by atomic mass is 9.97. The van der Waals surface area contributed by atoms with Gasteiger partial charge in [0.1, 0.15) is 5.82 Å². The fourth-order valence-electron chi connectivity index (χ4n) is 1.76. The van der Waals surface area contributed by atoms with Gasteiger partial charge in [-0.25, -0.2) is 4.98 Å². The van der Waals surface area contributed by atoms with Gasteiger partial charge >= 0.3 is 0 Å². The first-order valence-electron chi connectivity index (χ1n) is 5.07. The lowest BCUT2D eigenvalue weighted by Gasteiger charge is -2.12. The number of aromatic nitrogens is 2. The fraction of sp³-hybridized carbons (Fsp3) is 0.250. The highest BCUT2D eigenvalue weighted by Crippen LogP contribution is 2.20. The maximum absolute atomic E-state index is 5.79. The number of aromatic amines is 1. The normalized spacial score (nSPS) is 12.7. The molecule has 0 spiro atoms. The lowest BCUT2D eigenvalue weighted by molar-refractivity contribution is 0.764. The van der Waals surface area contributed by atoms with Crippen molar-refractivity contribution in [3.63, 3.8) is 0 Å². The predicted octanol–water partition coefficient (Wildman–Crippen LogP) is 1.81. The van der Waals surface area contributed by atoms with Crippen molar-refractivity contribution in [3.8, 4) is 0 Å². The first-order valence-corrected chi connectivity index (χ1v) is 5.07. The molecule has 3 heteroatoms. The van der Waals surface area contributed by atoms with Crippen LogP contribution < -0.4 is 5.73 Å². The number of benzene rings is 1. The zero-order chi connectivity index (χ0) is 10.7. The molecule has 0 amide bonds. The molecular weight excluding hydrogens is 186 g/mol. The predicted molar refractivity (Wildman–Crippen MR) is 60.7 cm³/mol. The average Bonchev–Trinajstić information content (AvgIpc) is 2.72. The third kappa shape index (κ3) is 2.07. The molecule has 0 aliphatic rings.